The maximum atomic E-state index is 12.1. The molecule has 2 aromatic rings. The van der Waals surface area contributed by atoms with E-state index in [0.29, 0.717) is 16.9 Å². The summed E-state index contributed by atoms with van der Waals surface area (Å²) in [6.45, 7) is 1.90. The standard InChI is InChI=1S/C14H15BrN2O2S/c1-10-5-12(15)8-14(6-10)17-20(18,19)9-11-3-2-4-13(16)7-11/h2-8,17H,9,16H2,1H3. The van der Waals surface area contributed by atoms with Crippen LogP contribution in [0.1, 0.15) is 11.1 Å². The molecule has 106 valence electrons. The molecule has 0 spiro atoms. The van der Waals surface area contributed by atoms with Gasteiger partial charge < -0.3 is 5.73 Å². The largest absolute Gasteiger partial charge is 0.399 e. The van der Waals surface area contributed by atoms with Crippen molar-refractivity contribution in [1.29, 1.82) is 0 Å². The average molecular weight is 355 g/mol. The smallest absolute Gasteiger partial charge is 0.236 e. The highest BCUT2D eigenvalue weighted by molar-refractivity contribution is 9.10. The molecule has 2 aromatic carbocycles. The lowest BCUT2D eigenvalue weighted by molar-refractivity contribution is 0.600. The van der Waals surface area contributed by atoms with Crippen molar-refractivity contribution in [2.24, 2.45) is 0 Å². The average Bonchev–Trinajstić information content (AvgIpc) is 2.25. The summed E-state index contributed by atoms with van der Waals surface area (Å²) in [6.07, 6.45) is 0. The van der Waals surface area contributed by atoms with Gasteiger partial charge in [-0.15, -0.1) is 0 Å². The number of nitrogens with one attached hydrogen (secondary N) is 1. The fourth-order valence-electron chi connectivity index (χ4n) is 1.91. The zero-order chi connectivity index (χ0) is 14.8. The summed E-state index contributed by atoms with van der Waals surface area (Å²) in [4.78, 5) is 0. The Labute approximate surface area is 127 Å². The highest BCUT2D eigenvalue weighted by Crippen LogP contribution is 2.21. The van der Waals surface area contributed by atoms with E-state index in [-0.39, 0.29) is 5.75 Å². The Kier molecular flexibility index (Phi) is 4.35. The molecule has 3 N–H and O–H groups in total. The van der Waals surface area contributed by atoms with Crippen LogP contribution in [0.15, 0.2) is 46.9 Å². The minimum absolute atomic E-state index is 0.108. The Hall–Kier alpha value is -1.53. The van der Waals surface area contributed by atoms with Crippen LogP contribution >= 0.6 is 15.9 Å². The fraction of sp³-hybridized carbons (Fsp3) is 0.143. The summed E-state index contributed by atoms with van der Waals surface area (Å²) in [5.41, 5.74) is 8.37. The summed E-state index contributed by atoms with van der Waals surface area (Å²) >= 11 is 3.35. The van der Waals surface area contributed by atoms with Crippen LogP contribution in [0.2, 0.25) is 0 Å². The normalized spacial score (nSPS) is 11.3. The SMILES string of the molecule is Cc1cc(Br)cc(NS(=O)(=O)Cc2cccc(N)c2)c1. The second-order valence-electron chi connectivity index (χ2n) is 4.62. The van der Waals surface area contributed by atoms with E-state index in [0.717, 1.165) is 10.0 Å². The quantitative estimate of drug-likeness (QED) is 0.827. The van der Waals surface area contributed by atoms with Gasteiger partial charge in [0.2, 0.25) is 10.0 Å². The number of sulfonamides is 1. The van der Waals surface area contributed by atoms with Gasteiger partial charge in [0.1, 0.15) is 0 Å². The molecule has 0 atom stereocenters. The third kappa shape index (κ3) is 4.25. The number of rotatable bonds is 4. The molecule has 0 aliphatic heterocycles. The van der Waals surface area contributed by atoms with Crippen molar-refractivity contribution in [3.05, 3.63) is 58.1 Å². The van der Waals surface area contributed by atoms with E-state index in [1.54, 1.807) is 36.4 Å². The molecule has 0 aliphatic rings. The van der Waals surface area contributed by atoms with E-state index in [1.807, 2.05) is 13.0 Å². The Balaban J connectivity index is 2.19. The zero-order valence-electron chi connectivity index (χ0n) is 10.9. The molecule has 0 saturated carbocycles. The molecular weight excluding hydrogens is 340 g/mol. The highest BCUT2D eigenvalue weighted by Gasteiger charge is 2.12. The molecule has 0 fully saturated rings. The van der Waals surface area contributed by atoms with Gasteiger partial charge in [-0.05, 0) is 48.4 Å². The molecule has 20 heavy (non-hydrogen) atoms. The number of benzene rings is 2. The lowest BCUT2D eigenvalue weighted by Gasteiger charge is -2.10. The molecule has 0 bridgehead atoms. The first-order valence-electron chi connectivity index (χ1n) is 5.96. The second-order valence-corrected chi connectivity index (χ2v) is 7.26. The van der Waals surface area contributed by atoms with Gasteiger partial charge in [0.25, 0.3) is 0 Å². The van der Waals surface area contributed by atoms with Crippen LogP contribution in [-0.4, -0.2) is 8.42 Å². The van der Waals surface area contributed by atoms with Crippen molar-refractivity contribution in [3.8, 4) is 0 Å². The Morgan fingerprint density at radius 2 is 1.95 bits per heavy atom. The van der Waals surface area contributed by atoms with E-state index in [9.17, 15) is 8.42 Å². The van der Waals surface area contributed by atoms with E-state index in [4.69, 9.17) is 5.73 Å². The van der Waals surface area contributed by atoms with Gasteiger partial charge >= 0.3 is 0 Å². The van der Waals surface area contributed by atoms with Crippen LogP contribution in [-0.2, 0) is 15.8 Å². The molecular formula is C14H15BrN2O2S. The van der Waals surface area contributed by atoms with Crippen LogP contribution in [0.3, 0.4) is 0 Å². The summed E-state index contributed by atoms with van der Waals surface area (Å²) in [5.74, 6) is -0.108. The number of nitrogen functional groups attached to an aromatic ring is 1. The van der Waals surface area contributed by atoms with E-state index in [2.05, 4.69) is 20.7 Å². The van der Waals surface area contributed by atoms with Crippen molar-refractivity contribution < 1.29 is 8.42 Å². The molecule has 0 saturated heterocycles. The maximum Gasteiger partial charge on any atom is 0.236 e. The predicted molar refractivity (Wildman–Crippen MR) is 86.0 cm³/mol. The fourth-order valence-corrected chi connectivity index (χ4v) is 3.69. The van der Waals surface area contributed by atoms with Crippen molar-refractivity contribution in [2.45, 2.75) is 12.7 Å². The highest BCUT2D eigenvalue weighted by atomic mass is 79.9. The summed E-state index contributed by atoms with van der Waals surface area (Å²) in [5, 5.41) is 0. The molecule has 0 amide bonds. The lowest BCUT2D eigenvalue weighted by Crippen LogP contribution is -2.15. The van der Waals surface area contributed by atoms with Crippen LogP contribution in [0, 0.1) is 6.92 Å². The first-order valence-corrected chi connectivity index (χ1v) is 8.41. The molecule has 0 aliphatic carbocycles. The van der Waals surface area contributed by atoms with Crippen molar-refractivity contribution >= 4 is 37.3 Å². The van der Waals surface area contributed by atoms with Crippen LogP contribution in [0.4, 0.5) is 11.4 Å². The Bertz CT molecular complexity index is 709. The van der Waals surface area contributed by atoms with Gasteiger partial charge in [-0.1, -0.05) is 28.1 Å². The predicted octanol–water partition coefficient (Wildman–Crippen LogP) is 3.28. The van der Waals surface area contributed by atoms with Gasteiger partial charge in [0.15, 0.2) is 0 Å². The third-order valence-corrected chi connectivity index (χ3v) is 4.34. The molecule has 4 nitrogen and oxygen atoms in total. The number of nitrogens with two attached hydrogens (primary N) is 1. The van der Waals surface area contributed by atoms with E-state index < -0.39 is 10.0 Å². The topological polar surface area (TPSA) is 72.2 Å². The lowest BCUT2D eigenvalue weighted by atomic mass is 10.2. The summed E-state index contributed by atoms with van der Waals surface area (Å²) in [7, 11) is -3.46. The maximum absolute atomic E-state index is 12.1. The molecule has 0 aromatic heterocycles. The number of hydrogen-bond donors (Lipinski definition) is 2. The third-order valence-electron chi connectivity index (χ3n) is 2.62. The van der Waals surface area contributed by atoms with Crippen molar-refractivity contribution in [3.63, 3.8) is 0 Å². The van der Waals surface area contributed by atoms with Crippen molar-refractivity contribution in [2.75, 3.05) is 10.5 Å². The zero-order valence-corrected chi connectivity index (χ0v) is 13.3. The monoisotopic (exact) mass is 354 g/mol. The molecule has 6 heteroatoms. The summed E-state index contributed by atoms with van der Waals surface area (Å²) in [6, 6.07) is 12.3. The number of aryl methyl sites for hydroxylation is 1. The van der Waals surface area contributed by atoms with Gasteiger partial charge in [-0.2, -0.15) is 0 Å². The first kappa shape index (κ1) is 14.9. The Morgan fingerprint density at radius 3 is 2.60 bits per heavy atom. The Morgan fingerprint density at radius 1 is 1.20 bits per heavy atom. The molecule has 0 unspecified atom stereocenters. The van der Waals surface area contributed by atoms with Gasteiger partial charge in [0.05, 0.1) is 5.75 Å². The van der Waals surface area contributed by atoms with Crippen molar-refractivity contribution in [1.82, 2.24) is 0 Å². The van der Waals surface area contributed by atoms with Crippen LogP contribution in [0.5, 0.6) is 0 Å². The number of hydrogen-bond acceptors (Lipinski definition) is 3. The molecule has 0 radical (unpaired) electrons. The van der Waals surface area contributed by atoms with Crippen LogP contribution < -0.4 is 10.5 Å². The van der Waals surface area contributed by atoms with Gasteiger partial charge in [-0.25, -0.2) is 8.42 Å². The first-order chi connectivity index (χ1) is 9.34. The number of anilines is 2. The van der Waals surface area contributed by atoms with Crippen LogP contribution in [0.25, 0.3) is 0 Å². The van der Waals surface area contributed by atoms with Gasteiger partial charge in [0, 0.05) is 15.8 Å². The van der Waals surface area contributed by atoms with E-state index in [1.165, 1.54) is 0 Å². The van der Waals surface area contributed by atoms with Gasteiger partial charge in [-0.3, -0.25) is 4.72 Å². The summed E-state index contributed by atoms with van der Waals surface area (Å²) < 4.78 is 27.7. The minimum atomic E-state index is -3.46. The molecule has 2 rings (SSSR count). The minimum Gasteiger partial charge on any atom is -0.399 e. The molecule has 0 heterocycles. The second kappa shape index (κ2) is 5.85. The number of halogens is 1. The van der Waals surface area contributed by atoms with E-state index >= 15 is 0 Å².